The summed E-state index contributed by atoms with van der Waals surface area (Å²) in [6, 6.07) is 3.86. The van der Waals surface area contributed by atoms with Gasteiger partial charge in [-0.1, -0.05) is 6.92 Å². The predicted molar refractivity (Wildman–Crippen MR) is 71.9 cm³/mol. The quantitative estimate of drug-likeness (QED) is 0.649. The van der Waals surface area contributed by atoms with Crippen LogP contribution < -0.4 is 10.6 Å². The highest BCUT2D eigenvalue weighted by atomic mass is 19.1. The van der Waals surface area contributed by atoms with Gasteiger partial charge in [0.2, 0.25) is 0 Å². The molecule has 0 spiro atoms. The smallest absolute Gasteiger partial charge is 0.191 e. The van der Waals surface area contributed by atoms with E-state index >= 15 is 0 Å². The van der Waals surface area contributed by atoms with Crippen molar-refractivity contribution in [3.8, 4) is 0 Å². The van der Waals surface area contributed by atoms with Crippen LogP contribution in [0.1, 0.15) is 25.8 Å². The number of guanidine groups is 1. The first kappa shape index (κ1) is 13.8. The molecule has 1 aromatic carbocycles. The molecule has 19 heavy (non-hydrogen) atoms. The van der Waals surface area contributed by atoms with Crippen molar-refractivity contribution in [2.24, 2.45) is 10.9 Å². The molecule has 5 heteroatoms. The maximum absolute atomic E-state index is 13.5. The van der Waals surface area contributed by atoms with Crippen LogP contribution in [-0.2, 0) is 6.54 Å². The van der Waals surface area contributed by atoms with Gasteiger partial charge in [0, 0.05) is 18.2 Å². The molecule has 1 saturated carbocycles. The zero-order chi connectivity index (χ0) is 13.8. The van der Waals surface area contributed by atoms with Crippen LogP contribution in [-0.4, -0.2) is 18.5 Å². The van der Waals surface area contributed by atoms with Crippen LogP contribution in [0.4, 0.5) is 8.78 Å². The molecule has 1 aliphatic carbocycles. The highest BCUT2D eigenvalue weighted by Gasteiger charge is 2.33. The molecule has 0 aromatic heterocycles. The van der Waals surface area contributed by atoms with Crippen LogP contribution in [0.25, 0.3) is 0 Å². The summed E-state index contributed by atoms with van der Waals surface area (Å²) in [7, 11) is 0. The number of hydrogen-bond acceptors (Lipinski definition) is 1. The van der Waals surface area contributed by atoms with Crippen molar-refractivity contribution < 1.29 is 8.78 Å². The van der Waals surface area contributed by atoms with Gasteiger partial charge in [0.05, 0.1) is 6.54 Å². The number of hydrogen-bond donors (Lipinski definition) is 2. The molecule has 2 atom stereocenters. The zero-order valence-corrected chi connectivity index (χ0v) is 11.2. The molecule has 0 bridgehead atoms. The summed E-state index contributed by atoms with van der Waals surface area (Å²) in [6.45, 7) is 4.99. The zero-order valence-electron chi connectivity index (χ0n) is 11.2. The Morgan fingerprint density at radius 1 is 1.42 bits per heavy atom. The number of nitrogens with one attached hydrogen (secondary N) is 2. The number of rotatable bonds is 4. The molecule has 3 nitrogen and oxygen atoms in total. The molecule has 0 saturated heterocycles. The van der Waals surface area contributed by atoms with Gasteiger partial charge < -0.3 is 10.6 Å². The summed E-state index contributed by atoms with van der Waals surface area (Å²) in [5, 5.41) is 6.37. The van der Waals surface area contributed by atoms with E-state index in [4.69, 9.17) is 0 Å². The highest BCUT2D eigenvalue weighted by Crippen LogP contribution is 2.28. The van der Waals surface area contributed by atoms with Crippen molar-refractivity contribution in [3.05, 3.63) is 35.4 Å². The molecule has 0 heterocycles. The Bertz CT molecular complexity index is 474. The average molecular weight is 267 g/mol. The second-order valence-electron chi connectivity index (χ2n) is 4.89. The van der Waals surface area contributed by atoms with E-state index in [2.05, 4.69) is 22.5 Å². The van der Waals surface area contributed by atoms with E-state index < -0.39 is 11.6 Å². The average Bonchev–Trinajstić information content (AvgIpc) is 3.06. The lowest BCUT2D eigenvalue weighted by Gasteiger charge is -2.10. The minimum Gasteiger partial charge on any atom is -0.357 e. The van der Waals surface area contributed by atoms with Gasteiger partial charge in [0.25, 0.3) is 0 Å². The minimum absolute atomic E-state index is 0.125. The van der Waals surface area contributed by atoms with Gasteiger partial charge in [0.1, 0.15) is 11.6 Å². The van der Waals surface area contributed by atoms with E-state index in [-0.39, 0.29) is 12.1 Å². The summed E-state index contributed by atoms with van der Waals surface area (Å²) in [4.78, 5) is 4.29. The third kappa shape index (κ3) is 3.91. The van der Waals surface area contributed by atoms with Crippen molar-refractivity contribution in [2.45, 2.75) is 32.9 Å². The van der Waals surface area contributed by atoms with E-state index in [1.807, 2.05) is 6.92 Å². The molecule has 0 radical (unpaired) electrons. The Kier molecular flexibility index (Phi) is 4.35. The van der Waals surface area contributed by atoms with Crippen LogP contribution >= 0.6 is 0 Å². The molecule has 0 aliphatic heterocycles. The van der Waals surface area contributed by atoms with Crippen molar-refractivity contribution in [1.29, 1.82) is 0 Å². The van der Waals surface area contributed by atoms with E-state index in [0.717, 1.165) is 25.1 Å². The molecule has 104 valence electrons. The summed E-state index contributed by atoms with van der Waals surface area (Å²) >= 11 is 0. The van der Waals surface area contributed by atoms with Gasteiger partial charge in [-0.2, -0.15) is 0 Å². The standard InChI is InChI=1S/C14H19F2N3/c1-3-17-14(19-13-6-9(13)2)18-8-10-7-11(15)4-5-12(10)16/h4-5,7,9,13H,3,6,8H2,1-2H3,(H2,17,18,19). The Morgan fingerprint density at radius 2 is 2.16 bits per heavy atom. The summed E-state index contributed by atoms with van der Waals surface area (Å²) in [6.07, 6.45) is 1.12. The lowest BCUT2D eigenvalue weighted by molar-refractivity contribution is 0.585. The second kappa shape index (κ2) is 5.99. The lowest BCUT2D eigenvalue weighted by atomic mass is 10.2. The summed E-state index contributed by atoms with van der Waals surface area (Å²) in [5.74, 6) is 0.427. The second-order valence-corrected chi connectivity index (χ2v) is 4.89. The van der Waals surface area contributed by atoms with Gasteiger partial charge >= 0.3 is 0 Å². The molecule has 2 N–H and O–H groups in total. The number of benzene rings is 1. The number of halogens is 2. The van der Waals surface area contributed by atoms with Gasteiger partial charge in [-0.05, 0) is 37.5 Å². The molecular formula is C14H19F2N3. The third-order valence-electron chi connectivity index (χ3n) is 3.19. The minimum atomic E-state index is -0.444. The van der Waals surface area contributed by atoms with Gasteiger partial charge in [-0.15, -0.1) is 0 Å². The Hall–Kier alpha value is -1.65. The fourth-order valence-corrected chi connectivity index (χ4v) is 1.85. The first-order valence-corrected chi connectivity index (χ1v) is 6.59. The van der Waals surface area contributed by atoms with Crippen LogP contribution in [0.15, 0.2) is 23.2 Å². The molecule has 2 unspecified atom stereocenters. The van der Waals surface area contributed by atoms with Crippen molar-refractivity contribution in [1.82, 2.24) is 10.6 Å². The normalized spacial score (nSPS) is 22.2. The molecule has 1 aliphatic rings. The summed E-state index contributed by atoms with van der Waals surface area (Å²) < 4.78 is 26.5. The van der Waals surface area contributed by atoms with Crippen molar-refractivity contribution >= 4 is 5.96 Å². The number of aliphatic imine (C=N–C) groups is 1. The van der Waals surface area contributed by atoms with Crippen molar-refractivity contribution in [2.75, 3.05) is 6.54 Å². The maximum Gasteiger partial charge on any atom is 0.191 e. The lowest BCUT2D eigenvalue weighted by Crippen LogP contribution is -2.39. The molecule has 0 amide bonds. The van der Waals surface area contributed by atoms with E-state index in [0.29, 0.717) is 17.9 Å². The predicted octanol–water partition coefficient (Wildman–Crippen LogP) is 2.43. The maximum atomic E-state index is 13.5. The number of nitrogens with zero attached hydrogens (tertiary/aromatic N) is 1. The Morgan fingerprint density at radius 3 is 2.79 bits per heavy atom. The monoisotopic (exact) mass is 267 g/mol. The van der Waals surface area contributed by atoms with E-state index in [1.54, 1.807) is 0 Å². The summed E-state index contributed by atoms with van der Waals surface area (Å²) in [5.41, 5.74) is 0.265. The SMILES string of the molecule is CCNC(=NCc1cc(F)ccc1F)NC1CC1C. The highest BCUT2D eigenvalue weighted by molar-refractivity contribution is 5.80. The van der Waals surface area contributed by atoms with Crippen LogP contribution in [0.5, 0.6) is 0 Å². The van der Waals surface area contributed by atoms with Crippen LogP contribution in [0.2, 0.25) is 0 Å². The largest absolute Gasteiger partial charge is 0.357 e. The fraction of sp³-hybridized carbons (Fsp3) is 0.500. The molecule has 1 aromatic rings. The molecule has 2 rings (SSSR count). The third-order valence-corrected chi connectivity index (χ3v) is 3.19. The first-order valence-electron chi connectivity index (χ1n) is 6.59. The Labute approximate surface area is 112 Å². The Balaban J connectivity index is 2.02. The van der Waals surface area contributed by atoms with Crippen LogP contribution in [0, 0.1) is 17.6 Å². The van der Waals surface area contributed by atoms with Crippen LogP contribution in [0.3, 0.4) is 0 Å². The van der Waals surface area contributed by atoms with E-state index in [1.165, 1.54) is 6.07 Å². The molecule has 1 fully saturated rings. The first-order chi connectivity index (χ1) is 9.10. The van der Waals surface area contributed by atoms with Gasteiger partial charge in [0.15, 0.2) is 5.96 Å². The van der Waals surface area contributed by atoms with E-state index in [9.17, 15) is 8.78 Å². The van der Waals surface area contributed by atoms with Crippen molar-refractivity contribution in [3.63, 3.8) is 0 Å². The van der Waals surface area contributed by atoms with Gasteiger partial charge in [-0.25, -0.2) is 13.8 Å². The van der Waals surface area contributed by atoms with Gasteiger partial charge in [-0.3, -0.25) is 0 Å². The fourth-order valence-electron chi connectivity index (χ4n) is 1.85. The molecular weight excluding hydrogens is 248 g/mol. The topological polar surface area (TPSA) is 36.4 Å².